The molecule has 1 aliphatic carbocycles. The van der Waals surface area contributed by atoms with Crippen LogP contribution in [0.5, 0.6) is 0 Å². The van der Waals surface area contributed by atoms with E-state index in [1.165, 1.54) is 17.3 Å². The lowest BCUT2D eigenvalue weighted by Crippen LogP contribution is -2.13. The van der Waals surface area contributed by atoms with E-state index in [1.807, 2.05) is 0 Å². The summed E-state index contributed by atoms with van der Waals surface area (Å²) in [6.07, 6.45) is 6.71. The lowest BCUT2D eigenvalue weighted by atomic mass is 9.86. The van der Waals surface area contributed by atoms with Gasteiger partial charge in [-0.1, -0.05) is 22.6 Å². The number of ketones is 1. The quantitative estimate of drug-likeness (QED) is 0.567. The predicted octanol–water partition coefficient (Wildman–Crippen LogP) is 2.96. The Morgan fingerprint density at radius 1 is 1.36 bits per heavy atom. The van der Waals surface area contributed by atoms with Crippen molar-refractivity contribution in [3.05, 3.63) is 0 Å². The van der Waals surface area contributed by atoms with E-state index in [0.717, 1.165) is 31.6 Å². The average molecular weight is 266 g/mol. The van der Waals surface area contributed by atoms with E-state index < -0.39 is 0 Å². The molecule has 11 heavy (non-hydrogen) atoms. The highest BCUT2D eigenvalue weighted by atomic mass is 127. The van der Waals surface area contributed by atoms with E-state index >= 15 is 0 Å². The van der Waals surface area contributed by atoms with Crippen molar-refractivity contribution in [2.75, 3.05) is 4.43 Å². The first kappa shape index (κ1) is 9.49. The summed E-state index contributed by atoms with van der Waals surface area (Å²) in [5.74, 6) is 1.35. The van der Waals surface area contributed by atoms with Crippen molar-refractivity contribution in [2.45, 2.75) is 38.5 Å². The summed E-state index contributed by atoms with van der Waals surface area (Å²) in [5, 5.41) is 0. The van der Waals surface area contributed by atoms with Gasteiger partial charge in [0.25, 0.3) is 0 Å². The van der Waals surface area contributed by atoms with Crippen LogP contribution in [0.2, 0.25) is 0 Å². The van der Waals surface area contributed by atoms with Gasteiger partial charge in [-0.2, -0.15) is 0 Å². The van der Waals surface area contributed by atoms with E-state index in [2.05, 4.69) is 22.6 Å². The normalized spacial score (nSPS) is 20.6. The molecule has 0 saturated heterocycles. The van der Waals surface area contributed by atoms with Crippen LogP contribution in [0.3, 0.4) is 0 Å². The van der Waals surface area contributed by atoms with Gasteiger partial charge in [-0.3, -0.25) is 4.79 Å². The molecule has 1 aliphatic rings. The first-order chi connectivity index (χ1) is 5.33. The molecule has 0 aromatic heterocycles. The number of hydrogen-bond acceptors (Lipinski definition) is 1. The third-order valence-corrected chi connectivity index (χ3v) is 3.17. The number of carbonyl (C=O) groups is 1. The molecule has 1 rings (SSSR count). The number of hydrogen-bond donors (Lipinski definition) is 0. The highest BCUT2D eigenvalue weighted by Gasteiger charge is 2.17. The smallest absolute Gasteiger partial charge is 0.132 e. The lowest BCUT2D eigenvalue weighted by Gasteiger charge is -2.19. The zero-order valence-electron chi connectivity index (χ0n) is 6.81. The van der Waals surface area contributed by atoms with Crippen LogP contribution in [-0.4, -0.2) is 10.2 Å². The summed E-state index contributed by atoms with van der Waals surface area (Å²) in [6.45, 7) is 0. The SMILES string of the molecule is O=C1CCC(CCCI)CC1. The van der Waals surface area contributed by atoms with Crippen LogP contribution in [0.25, 0.3) is 0 Å². The molecular formula is C9H15IO. The van der Waals surface area contributed by atoms with Crippen molar-refractivity contribution >= 4 is 28.4 Å². The first-order valence-electron chi connectivity index (χ1n) is 4.40. The molecule has 2 heteroatoms. The second-order valence-corrected chi connectivity index (χ2v) is 4.39. The van der Waals surface area contributed by atoms with Crippen molar-refractivity contribution in [3.63, 3.8) is 0 Å². The van der Waals surface area contributed by atoms with Gasteiger partial charge in [-0.25, -0.2) is 0 Å². The van der Waals surface area contributed by atoms with Crippen LogP contribution in [-0.2, 0) is 4.79 Å². The molecule has 0 unspecified atom stereocenters. The number of halogens is 1. The highest BCUT2D eigenvalue weighted by Crippen LogP contribution is 2.25. The zero-order chi connectivity index (χ0) is 8.10. The summed E-state index contributed by atoms with van der Waals surface area (Å²) in [6, 6.07) is 0. The fourth-order valence-corrected chi connectivity index (χ4v) is 2.09. The molecule has 1 nitrogen and oxygen atoms in total. The lowest BCUT2D eigenvalue weighted by molar-refractivity contribution is -0.121. The second kappa shape index (κ2) is 5.12. The molecule has 0 amide bonds. The molecule has 0 atom stereocenters. The van der Waals surface area contributed by atoms with E-state index in [0.29, 0.717) is 5.78 Å². The summed E-state index contributed by atoms with van der Waals surface area (Å²) in [5.41, 5.74) is 0. The van der Waals surface area contributed by atoms with Gasteiger partial charge in [0.05, 0.1) is 0 Å². The second-order valence-electron chi connectivity index (χ2n) is 3.31. The van der Waals surface area contributed by atoms with E-state index in [1.54, 1.807) is 0 Å². The van der Waals surface area contributed by atoms with Gasteiger partial charge in [0.1, 0.15) is 5.78 Å². The van der Waals surface area contributed by atoms with E-state index in [-0.39, 0.29) is 0 Å². The Labute approximate surface area is 82.1 Å². The molecule has 0 spiro atoms. The van der Waals surface area contributed by atoms with Crippen LogP contribution in [0.4, 0.5) is 0 Å². The van der Waals surface area contributed by atoms with E-state index in [9.17, 15) is 4.79 Å². The first-order valence-corrected chi connectivity index (χ1v) is 5.93. The number of carbonyl (C=O) groups excluding carboxylic acids is 1. The molecule has 1 fully saturated rings. The Balaban J connectivity index is 2.12. The van der Waals surface area contributed by atoms with Gasteiger partial charge < -0.3 is 0 Å². The summed E-state index contributed by atoms with van der Waals surface area (Å²) < 4.78 is 1.27. The molecule has 1 saturated carbocycles. The summed E-state index contributed by atoms with van der Waals surface area (Å²) in [7, 11) is 0. The fourth-order valence-electron chi connectivity index (χ4n) is 1.65. The van der Waals surface area contributed by atoms with Gasteiger partial charge in [0.2, 0.25) is 0 Å². The molecule has 0 N–H and O–H groups in total. The van der Waals surface area contributed by atoms with Crippen molar-refractivity contribution in [3.8, 4) is 0 Å². The number of rotatable bonds is 3. The molecule has 0 heterocycles. The van der Waals surface area contributed by atoms with Gasteiger partial charge in [0.15, 0.2) is 0 Å². The number of alkyl halides is 1. The summed E-state index contributed by atoms with van der Waals surface area (Å²) >= 11 is 2.42. The molecule has 0 aliphatic heterocycles. The third kappa shape index (κ3) is 3.54. The monoisotopic (exact) mass is 266 g/mol. The van der Waals surface area contributed by atoms with Crippen molar-refractivity contribution < 1.29 is 4.79 Å². The Morgan fingerprint density at radius 3 is 2.55 bits per heavy atom. The average Bonchev–Trinajstić information content (AvgIpc) is 2.04. The third-order valence-electron chi connectivity index (χ3n) is 2.41. The standard InChI is InChI=1S/C9H15IO/c10-7-1-2-8-3-5-9(11)6-4-8/h8H,1-7H2. The molecule has 64 valence electrons. The maximum atomic E-state index is 10.9. The molecule has 0 radical (unpaired) electrons. The van der Waals surface area contributed by atoms with Crippen LogP contribution in [0.1, 0.15) is 38.5 Å². The Bertz CT molecular complexity index is 124. The van der Waals surface area contributed by atoms with Crippen LogP contribution >= 0.6 is 22.6 Å². The van der Waals surface area contributed by atoms with Crippen molar-refractivity contribution in [1.82, 2.24) is 0 Å². The maximum Gasteiger partial charge on any atom is 0.132 e. The predicted molar refractivity (Wildman–Crippen MR) is 55.1 cm³/mol. The van der Waals surface area contributed by atoms with Gasteiger partial charge in [-0.15, -0.1) is 0 Å². The largest absolute Gasteiger partial charge is 0.300 e. The summed E-state index contributed by atoms with van der Waals surface area (Å²) in [4.78, 5) is 10.9. The van der Waals surface area contributed by atoms with Crippen LogP contribution in [0.15, 0.2) is 0 Å². The number of Topliss-reactive ketones (excluding diaryl/α,β-unsaturated/α-hetero) is 1. The minimum Gasteiger partial charge on any atom is -0.300 e. The zero-order valence-corrected chi connectivity index (χ0v) is 8.97. The van der Waals surface area contributed by atoms with Gasteiger partial charge in [-0.05, 0) is 36.0 Å². The Morgan fingerprint density at radius 2 is 2.00 bits per heavy atom. The Hall–Kier alpha value is 0.400. The molecular weight excluding hydrogens is 251 g/mol. The topological polar surface area (TPSA) is 17.1 Å². The van der Waals surface area contributed by atoms with E-state index in [4.69, 9.17) is 0 Å². The highest BCUT2D eigenvalue weighted by molar-refractivity contribution is 14.1. The minimum atomic E-state index is 0.482. The fraction of sp³-hybridized carbons (Fsp3) is 0.889. The van der Waals surface area contributed by atoms with Crippen molar-refractivity contribution in [1.29, 1.82) is 0 Å². The van der Waals surface area contributed by atoms with Crippen molar-refractivity contribution in [2.24, 2.45) is 5.92 Å². The van der Waals surface area contributed by atoms with Crippen LogP contribution in [0, 0.1) is 5.92 Å². The Kier molecular flexibility index (Phi) is 4.41. The van der Waals surface area contributed by atoms with Gasteiger partial charge in [0, 0.05) is 12.8 Å². The molecule has 0 bridgehead atoms. The van der Waals surface area contributed by atoms with Crippen LogP contribution < -0.4 is 0 Å². The van der Waals surface area contributed by atoms with Gasteiger partial charge >= 0.3 is 0 Å². The molecule has 0 aromatic carbocycles. The maximum absolute atomic E-state index is 10.9. The molecule has 0 aromatic rings. The minimum absolute atomic E-state index is 0.482.